The lowest BCUT2D eigenvalue weighted by Gasteiger charge is -2.34. The number of ether oxygens (including phenoxy) is 1. The van der Waals surface area contributed by atoms with Gasteiger partial charge in [0.25, 0.3) is 0 Å². The molecular formula is C19H28N4O. The van der Waals surface area contributed by atoms with Crippen LogP contribution in [-0.2, 0) is 6.54 Å². The van der Waals surface area contributed by atoms with Crippen molar-refractivity contribution >= 4 is 0 Å². The molecule has 1 aliphatic heterocycles. The van der Waals surface area contributed by atoms with Crippen LogP contribution in [-0.4, -0.2) is 47.0 Å². The number of rotatable bonds is 6. The van der Waals surface area contributed by atoms with Crippen LogP contribution < -0.4 is 10.1 Å². The van der Waals surface area contributed by atoms with Crippen LogP contribution in [0, 0.1) is 0 Å². The monoisotopic (exact) mass is 328 g/mol. The Morgan fingerprint density at radius 1 is 1.29 bits per heavy atom. The van der Waals surface area contributed by atoms with Gasteiger partial charge in [0.1, 0.15) is 5.75 Å². The van der Waals surface area contributed by atoms with Crippen LogP contribution in [0.25, 0.3) is 5.69 Å². The number of methoxy groups -OCH3 is 1. The highest BCUT2D eigenvalue weighted by Gasteiger charge is 2.20. The molecule has 1 aliphatic rings. The number of benzene rings is 1. The van der Waals surface area contributed by atoms with Gasteiger partial charge in [0.2, 0.25) is 0 Å². The molecule has 3 rings (SSSR count). The van der Waals surface area contributed by atoms with Crippen molar-refractivity contribution in [2.75, 3.05) is 20.2 Å². The van der Waals surface area contributed by atoms with Crippen LogP contribution in [0.3, 0.4) is 0 Å². The van der Waals surface area contributed by atoms with E-state index in [-0.39, 0.29) is 0 Å². The van der Waals surface area contributed by atoms with Crippen molar-refractivity contribution in [2.45, 2.75) is 45.3 Å². The summed E-state index contributed by atoms with van der Waals surface area (Å²) in [5.41, 5.74) is 2.23. The van der Waals surface area contributed by atoms with E-state index >= 15 is 0 Å². The van der Waals surface area contributed by atoms with Crippen LogP contribution in [0.4, 0.5) is 0 Å². The summed E-state index contributed by atoms with van der Waals surface area (Å²) in [7, 11) is 1.68. The third-order valence-electron chi connectivity index (χ3n) is 4.81. The Morgan fingerprint density at radius 2 is 2.08 bits per heavy atom. The summed E-state index contributed by atoms with van der Waals surface area (Å²) in [4.78, 5) is 2.55. The van der Waals surface area contributed by atoms with Crippen LogP contribution in [0.1, 0.15) is 32.3 Å². The molecule has 0 saturated carbocycles. The fourth-order valence-electron chi connectivity index (χ4n) is 3.23. The fraction of sp³-hybridized carbons (Fsp3) is 0.526. The maximum absolute atomic E-state index is 5.28. The summed E-state index contributed by atoms with van der Waals surface area (Å²) >= 11 is 0. The Labute approximate surface area is 144 Å². The van der Waals surface area contributed by atoms with Crippen LogP contribution in [0.2, 0.25) is 0 Å². The average Bonchev–Trinajstić information content (AvgIpc) is 3.09. The molecule has 1 saturated heterocycles. The van der Waals surface area contributed by atoms with Gasteiger partial charge in [0.05, 0.1) is 19.0 Å². The van der Waals surface area contributed by atoms with Crippen molar-refractivity contribution in [2.24, 2.45) is 0 Å². The summed E-state index contributed by atoms with van der Waals surface area (Å²) in [5.74, 6) is 0.847. The van der Waals surface area contributed by atoms with Crippen molar-refractivity contribution < 1.29 is 4.74 Å². The number of hydrogen-bond donors (Lipinski definition) is 1. The molecule has 0 bridgehead atoms. The Balaban J connectivity index is 1.53. The van der Waals surface area contributed by atoms with Gasteiger partial charge < -0.3 is 15.0 Å². The summed E-state index contributed by atoms with van der Waals surface area (Å²) in [6.45, 7) is 7.81. The number of aromatic nitrogens is 2. The number of hydrogen-bond acceptors (Lipinski definition) is 4. The minimum atomic E-state index is 0.611. The van der Waals surface area contributed by atoms with E-state index in [1.807, 2.05) is 35.1 Å². The minimum Gasteiger partial charge on any atom is -0.497 e. The van der Waals surface area contributed by atoms with Gasteiger partial charge in [-0.15, -0.1) is 0 Å². The number of likely N-dealkylation sites (tertiary alicyclic amines) is 1. The molecule has 2 heterocycles. The Bertz CT molecular complexity index is 644. The molecule has 5 nitrogen and oxygen atoms in total. The average molecular weight is 328 g/mol. The molecule has 1 fully saturated rings. The molecule has 0 spiro atoms. The smallest absolute Gasteiger partial charge is 0.121 e. The highest BCUT2D eigenvalue weighted by molar-refractivity contribution is 5.38. The van der Waals surface area contributed by atoms with E-state index in [1.54, 1.807) is 7.11 Å². The number of nitrogens with zero attached hydrogens (tertiary/aromatic N) is 3. The normalized spacial score (nSPS) is 16.7. The van der Waals surface area contributed by atoms with Crippen LogP contribution in [0.15, 0.2) is 36.7 Å². The summed E-state index contributed by atoms with van der Waals surface area (Å²) in [6.07, 6.45) is 6.48. The lowest BCUT2D eigenvalue weighted by molar-refractivity contribution is 0.161. The van der Waals surface area contributed by atoms with Crippen LogP contribution in [0.5, 0.6) is 5.75 Å². The molecule has 1 aromatic heterocycles. The number of nitrogens with one attached hydrogen (secondary N) is 1. The first kappa shape index (κ1) is 17.0. The number of piperidine rings is 1. The fourth-order valence-corrected chi connectivity index (χ4v) is 3.23. The maximum Gasteiger partial charge on any atom is 0.121 e. The van der Waals surface area contributed by atoms with Gasteiger partial charge in [0.15, 0.2) is 0 Å². The van der Waals surface area contributed by atoms with Gasteiger partial charge in [-0.1, -0.05) is 6.07 Å². The van der Waals surface area contributed by atoms with Crippen molar-refractivity contribution in [1.29, 1.82) is 0 Å². The highest BCUT2D eigenvalue weighted by Crippen LogP contribution is 2.17. The third-order valence-corrected chi connectivity index (χ3v) is 4.81. The van der Waals surface area contributed by atoms with Gasteiger partial charge >= 0.3 is 0 Å². The van der Waals surface area contributed by atoms with Gasteiger partial charge in [-0.3, -0.25) is 0 Å². The molecule has 5 heteroatoms. The highest BCUT2D eigenvalue weighted by atomic mass is 16.5. The predicted octanol–water partition coefficient (Wildman–Crippen LogP) is 2.84. The second-order valence-electron chi connectivity index (χ2n) is 6.78. The summed E-state index contributed by atoms with van der Waals surface area (Å²) < 4.78 is 7.18. The van der Waals surface area contributed by atoms with E-state index in [0.717, 1.165) is 18.0 Å². The Morgan fingerprint density at radius 3 is 2.79 bits per heavy atom. The standard InChI is InChI=1S/C19H28N4O/c1-15(2)22-9-7-17(8-10-22)20-12-16-13-21-23(14-16)18-5-4-6-19(11-18)24-3/h4-6,11,13-15,17,20H,7-10,12H2,1-3H3. The maximum atomic E-state index is 5.28. The van der Waals surface area contributed by atoms with Crippen molar-refractivity contribution in [1.82, 2.24) is 20.0 Å². The molecule has 130 valence electrons. The minimum absolute atomic E-state index is 0.611. The predicted molar refractivity (Wildman–Crippen MR) is 96.7 cm³/mol. The molecule has 0 aliphatic carbocycles. The topological polar surface area (TPSA) is 42.3 Å². The zero-order valence-electron chi connectivity index (χ0n) is 14.9. The van der Waals surface area contributed by atoms with Gasteiger partial charge in [-0.25, -0.2) is 4.68 Å². The Hall–Kier alpha value is -1.85. The van der Waals surface area contributed by atoms with Gasteiger partial charge in [-0.2, -0.15) is 5.10 Å². The largest absolute Gasteiger partial charge is 0.497 e. The van der Waals surface area contributed by atoms with Crippen molar-refractivity contribution in [3.05, 3.63) is 42.2 Å². The zero-order chi connectivity index (χ0) is 16.9. The van der Waals surface area contributed by atoms with E-state index in [1.165, 1.54) is 31.5 Å². The lowest BCUT2D eigenvalue weighted by atomic mass is 10.0. The first-order chi connectivity index (χ1) is 11.7. The summed E-state index contributed by atoms with van der Waals surface area (Å²) in [5, 5.41) is 8.15. The summed E-state index contributed by atoms with van der Waals surface area (Å²) in [6, 6.07) is 9.22. The molecule has 0 radical (unpaired) electrons. The second kappa shape index (κ2) is 7.81. The molecule has 24 heavy (non-hydrogen) atoms. The molecular weight excluding hydrogens is 300 g/mol. The molecule has 0 atom stereocenters. The zero-order valence-corrected chi connectivity index (χ0v) is 14.9. The molecule has 0 amide bonds. The van der Waals surface area contributed by atoms with Crippen molar-refractivity contribution in [3.8, 4) is 11.4 Å². The molecule has 0 unspecified atom stereocenters. The SMILES string of the molecule is COc1cccc(-n2cc(CNC3CCN(C(C)C)CC3)cn2)c1. The lowest BCUT2D eigenvalue weighted by Crippen LogP contribution is -2.44. The third kappa shape index (κ3) is 4.16. The van der Waals surface area contributed by atoms with Crippen LogP contribution >= 0.6 is 0 Å². The molecule has 2 aromatic rings. The quantitative estimate of drug-likeness (QED) is 0.885. The van der Waals surface area contributed by atoms with E-state index in [2.05, 4.69) is 35.4 Å². The first-order valence-electron chi connectivity index (χ1n) is 8.81. The Kier molecular flexibility index (Phi) is 5.53. The first-order valence-corrected chi connectivity index (χ1v) is 8.81. The van der Waals surface area contributed by atoms with E-state index in [0.29, 0.717) is 12.1 Å². The van der Waals surface area contributed by atoms with E-state index in [9.17, 15) is 0 Å². The van der Waals surface area contributed by atoms with Crippen molar-refractivity contribution in [3.63, 3.8) is 0 Å². The molecule has 1 aromatic carbocycles. The van der Waals surface area contributed by atoms with Gasteiger partial charge in [0, 0.05) is 36.5 Å². The van der Waals surface area contributed by atoms with E-state index in [4.69, 9.17) is 4.74 Å². The second-order valence-corrected chi connectivity index (χ2v) is 6.78. The van der Waals surface area contributed by atoms with E-state index < -0.39 is 0 Å². The molecule has 1 N–H and O–H groups in total. The van der Waals surface area contributed by atoms with Gasteiger partial charge in [-0.05, 0) is 51.9 Å².